The van der Waals surface area contributed by atoms with Crippen molar-refractivity contribution in [1.29, 1.82) is 0 Å². The Hall–Kier alpha value is -0.380. The summed E-state index contributed by atoms with van der Waals surface area (Å²) in [7, 11) is 1.87. The van der Waals surface area contributed by atoms with Crippen molar-refractivity contribution in [2.45, 2.75) is 37.4 Å². The molecule has 1 heterocycles. The van der Waals surface area contributed by atoms with Crippen LogP contribution in [0.5, 0.6) is 0 Å². The Bertz CT molecular complexity index is 323. The first kappa shape index (κ1) is 10.1. The van der Waals surface area contributed by atoms with Crippen LogP contribution in [-0.4, -0.2) is 19.8 Å². The van der Waals surface area contributed by atoms with Crippen molar-refractivity contribution >= 4 is 15.9 Å². The molecule has 0 saturated heterocycles. The van der Waals surface area contributed by atoms with Gasteiger partial charge in [0, 0.05) is 11.9 Å². The van der Waals surface area contributed by atoms with Crippen LogP contribution in [0, 0.1) is 5.41 Å². The quantitative estimate of drug-likeness (QED) is 0.762. The Kier molecular flexibility index (Phi) is 2.64. The molecule has 78 valence electrons. The van der Waals surface area contributed by atoms with Gasteiger partial charge in [-0.3, -0.25) is 0 Å². The Labute approximate surface area is 93.0 Å². The van der Waals surface area contributed by atoms with Gasteiger partial charge in [-0.2, -0.15) is 15.0 Å². The van der Waals surface area contributed by atoms with Crippen molar-refractivity contribution in [2.75, 3.05) is 0 Å². The Morgan fingerprint density at radius 1 is 1.71 bits per heavy atom. The van der Waals surface area contributed by atoms with Crippen LogP contribution in [-0.2, 0) is 13.5 Å². The molecule has 1 aromatic heterocycles. The molecule has 1 aliphatic rings. The van der Waals surface area contributed by atoms with Gasteiger partial charge in [0.2, 0.25) is 0 Å². The van der Waals surface area contributed by atoms with Crippen molar-refractivity contribution < 1.29 is 0 Å². The Morgan fingerprint density at radius 2 is 2.50 bits per heavy atom. The van der Waals surface area contributed by atoms with Gasteiger partial charge in [-0.15, -0.1) is 0 Å². The lowest BCUT2D eigenvalue weighted by molar-refractivity contribution is 0.331. The van der Waals surface area contributed by atoms with Gasteiger partial charge in [-0.1, -0.05) is 22.9 Å². The van der Waals surface area contributed by atoms with Crippen LogP contribution in [0.4, 0.5) is 0 Å². The van der Waals surface area contributed by atoms with Gasteiger partial charge in [0.05, 0.1) is 11.9 Å². The molecule has 0 spiro atoms. The third-order valence-electron chi connectivity index (χ3n) is 3.03. The number of hydrogen-bond acceptors (Lipinski definition) is 2. The van der Waals surface area contributed by atoms with Crippen LogP contribution in [0.15, 0.2) is 6.20 Å². The van der Waals surface area contributed by atoms with Crippen molar-refractivity contribution in [3.63, 3.8) is 0 Å². The molecule has 1 aromatic rings. The van der Waals surface area contributed by atoms with E-state index in [0.29, 0.717) is 10.2 Å². The van der Waals surface area contributed by atoms with Gasteiger partial charge < -0.3 is 0 Å². The zero-order valence-corrected chi connectivity index (χ0v) is 10.3. The predicted octanol–water partition coefficient (Wildman–Crippen LogP) is 2.31. The summed E-state index contributed by atoms with van der Waals surface area (Å²) in [6.45, 7) is 2.35. The first-order chi connectivity index (χ1) is 6.57. The van der Waals surface area contributed by atoms with Gasteiger partial charge in [-0.05, 0) is 31.1 Å². The molecule has 2 unspecified atom stereocenters. The zero-order chi connectivity index (χ0) is 10.2. The van der Waals surface area contributed by atoms with Crippen LogP contribution < -0.4 is 0 Å². The van der Waals surface area contributed by atoms with Crippen LogP contribution in [0.25, 0.3) is 0 Å². The smallest absolute Gasteiger partial charge is 0.0832 e. The molecular weight excluding hydrogens is 242 g/mol. The highest BCUT2D eigenvalue weighted by molar-refractivity contribution is 9.09. The van der Waals surface area contributed by atoms with Crippen LogP contribution in [0.2, 0.25) is 0 Å². The number of aromatic nitrogens is 3. The number of alkyl halides is 1. The maximum atomic E-state index is 4.33. The fourth-order valence-electron chi connectivity index (χ4n) is 2.31. The zero-order valence-electron chi connectivity index (χ0n) is 8.70. The van der Waals surface area contributed by atoms with Crippen LogP contribution in [0.3, 0.4) is 0 Å². The Balaban J connectivity index is 2.03. The molecule has 2 atom stereocenters. The minimum atomic E-state index is 0.421. The number of aryl methyl sites for hydroxylation is 1. The van der Waals surface area contributed by atoms with E-state index in [4.69, 9.17) is 0 Å². The summed E-state index contributed by atoms with van der Waals surface area (Å²) in [6, 6.07) is 0. The SMILES string of the molecule is Cn1ncc(CC2(C)CCC(Br)C2)n1. The molecule has 14 heavy (non-hydrogen) atoms. The molecule has 0 aromatic carbocycles. The van der Waals surface area contributed by atoms with Crippen molar-refractivity contribution in [3.05, 3.63) is 11.9 Å². The number of rotatable bonds is 2. The van der Waals surface area contributed by atoms with E-state index in [1.54, 1.807) is 4.80 Å². The molecule has 3 nitrogen and oxygen atoms in total. The minimum absolute atomic E-state index is 0.421. The number of nitrogens with zero attached hydrogens (tertiary/aromatic N) is 3. The second-order valence-corrected chi connectivity index (χ2v) is 5.95. The van der Waals surface area contributed by atoms with Gasteiger partial charge in [-0.25, -0.2) is 0 Å². The number of halogens is 1. The molecule has 1 fully saturated rings. The van der Waals surface area contributed by atoms with E-state index in [2.05, 4.69) is 33.1 Å². The monoisotopic (exact) mass is 257 g/mol. The maximum absolute atomic E-state index is 4.33. The van der Waals surface area contributed by atoms with E-state index in [0.717, 1.165) is 12.1 Å². The fourth-order valence-corrected chi connectivity index (χ4v) is 3.32. The highest BCUT2D eigenvalue weighted by Crippen LogP contribution is 2.43. The molecular formula is C10H16BrN3. The van der Waals surface area contributed by atoms with Crippen molar-refractivity contribution in [3.8, 4) is 0 Å². The van der Waals surface area contributed by atoms with E-state index in [9.17, 15) is 0 Å². The normalized spacial score (nSPS) is 32.4. The van der Waals surface area contributed by atoms with Crippen molar-refractivity contribution in [2.24, 2.45) is 12.5 Å². The molecule has 4 heteroatoms. The van der Waals surface area contributed by atoms with Gasteiger partial charge in [0.15, 0.2) is 0 Å². The van der Waals surface area contributed by atoms with Gasteiger partial charge in [0.25, 0.3) is 0 Å². The lowest BCUT2D eigenvalue weighted by Crippen LogP contribution is -2.16. The second-order valence-electron chi connectivity index (χ2n) is 4.65. The first-order valence-corrected chi connectivity index (χ1v) is 5.98. The van der Waals surface area contributed by atoms with Crippen LogP contribution >= 0.6 is 15.9 Å². The average molecular weight is 258 g/mol. The van der Waals surface area contributed by atoms with E-state index in [1.165, 1.54) is 19.3 Å². The summed E-state index contributed by atoms with van der Waals surface area (Å²) in [5.74, 6) is 0. The van der Waals surface area contributed by atoms with Crippen molar-refractivity contribution in [1.82, 2.24) is 15.0 Å². The third kappa shape index (κ3) is 2.16. The molecule has 0 N–H and O–H groups in total. The lowest BCUT2D eigenvalue weighted by Gasteiger charge is -2.21. The second kappa shape index (κ2) is 3.65. The topological polar surface area (TPSA) is 30.7 Å². The standard InChI is InChI=1S/C10H16BrN3/c1-10(4-3-8(11)5-10)6-9-7-12-14(2)13-9/h7-8H,3-6H2,1-2H3. The van der Waals surface area contributed by atoms with E-state index in [1.807, 2.05) is 13.2 Å². The summed E-state index contributed by atoms with van der Waals surface area (Å²) in [5, 5.41) is 8.44. The summed E-state index contributed by atoms with van der Waals surface area (Å²) < 4.78 is 0. The van der Waals surface area contributed by atoms with Crippen LogP contribution in [0.1, 0.15) is 31.9 Å². The summed E-state index contributed by atoms with van der Waals surface area (Å²) in [4.78, 5) is 2.34. The maximum Gasteiger partial charge on any atom is 0.0832 e. The van der Waals surface area contributed by atoms with E-state index >= 15 is 0 Å². The Morgan fingerprint density at radius 3 is 3.00 bits per heavy atom. The molecule has 2 rings (SSSR count). The lowest BCUT2D eigenvalue weighted by atomic mass is 9.84. The molecule has 0 bridgehead atoms. The number of hydrogen-bond donors (Lipinski definition) is 0. The molecule has 0 radical (unpaired) electrons. The largest absolute Gasteiger partial charge is 0.188 e. The first-order valence-electron chi connectivity index (χ1n) is 5.07. The highest BCUT2D eigenvalue weighted by Gasteiger charge is 2.34. The molecule has 0 amide bonds. The average Bonchev–Trinajstić information content (AvgIpc) is 2.60. The van der Waals surface area contributed by atoms with Gasteiger partial charge in [0.1, 0.15) is 0 Å². The highest BCUT2D eigenvalue weighted by atomic mass is 79.9. The predicted molar refractivity (Wildman–Crippen MR) is 59.4 cm³/mol. The fraction of sp³-hybridized carbons (Fsp3) is 0.800. The molecule has 0 aliphatic heterocycles. The summed E-state index contributed by atoms with van der Waals surface area (Å²) >= 11 is 3.69. The molecule has 1 aliphatic carbocycles. The third-order valence-corrected chi connectivity index (χ3v) is 3.81. The molecule has 1 saturated carbocycles. The van der Waals surface area contributed by atoms with E-state index in [-0.39, 0.29) is 0 Å². The summed E-state index contributed by atoms with van der Waals surface area (Å²) in [6.07, 6.45) is 6.77. The minimum Gasteiger partial charge on any atom is -0.188 e. The summed E-state index contributed by atoms with van der Waals surface area (Å²) in [5.41, 5.74) is 1.54. The van der Waals surface area contributed by atoms with E-state index < -0.39 is 0 Å². The van der Waals surface area contributed by atoms with Gasteiger partial charge >= 0.3 is 0 Å².